The number of halogens is 4. The Kier molecular flexibility index (Phi) is 5.64. The van der Waals surface area contributed by atoms with Gasteiger partial charge in [0.2, 0.25) is 5.91 Å². The lowest BCUT2D eigenvalue weighted by Gasteiger charge is -2.42. The normalized spacial score (nSPS) is 23.5. The fourth-order valence-corrected chi connectivity index (χ4v) is 2.25. The van der Waals surface area contributed by atoms with Gasteiger partial charge in [0.15, 0.2) is 0 Å². The minimum atomic E-state index is -4.41. The highest BCUT2D eigenvalue weighted by Gasteiger charge is 2.35. The van der Waals surface area contributed by atoms with E-state index in [2.05, 4.69) is 20.7 Å². The van der Waals surface area contributed by atoms with Crippen LogP contribution in [-0.4, -0.2) is 60.3 Å². The third kappa shape index (κ3) is 6.09. The van der Waals surface area contributed by atoms with E-state index in [0.717, 1.165) is 0 Å². The first kappa shape index (κ1) is 16.7. The van der Waals surface area contributed by atoms with Gasteiger partial charge in [-0.05, 0) is 13.8 Å². The molecule has 1 heterocycles. The summed E-state index contributed by atoms with van der Waals surface area (Å²) >= 11 is 3.27. The standard InChI is InChI=1S/C11H17BrF3NO3/c1-10(2)6-16(4-8(3-12)19-10)9(17)5-18-7-11(13,14)15/h8H,3-7H2,1-2H3. The van der Waals surface area contributed by atoms with E-state index in [9.17, 15) is 18.0 Å². The molecule has 1 fully saturated rings. The zero-order chi connectivity index (χ0) is 14.7. The van der Waals surface area contributed by atoms with Gasteiger partial charge >= 0.3 is 6.18 Å². The van der Waals surface area contributed by atoms with Crippen molar-refractivity contribution >= 4 is 21.8 Å². The Balaban J connectivity index is 2.47. The molecule has 0 aromatic carbocycles. The summed E-state index contributed by atoms with van der Waals surface area (Å²) in [7, 11) is 0. The molecule has 0 radical (unpaired) electrons. The third-order valence-corrected chi connectivity index (χ3v) is 3.22. The maximum Gasteiger partial charge on any atom is 0.411 e. The first-order valence-corrected chi connectivity index (χ1v) is 6.91. The Labute approximate surface area is 118 Å². The van der Waals surface area contributed by atoms with Crippen LogP contribution in [0, 0.1) is 0 Å². The smallest absolute Gasteiger partial charge is 0.368 e. The van der Waals surface area contributed by atoms with Gasteiger partial charge in [0.25, 0.3) is 0 Å². The molecule has 1 rings (SSSR count). The molecule has 0 saturated carbocycles. The molecule has 0 spiro atoms. The lowest BCUT2D eigenvalue weighted by Crippen LogP contribution is -2.55. The van der Waals surface area contributed by atoms with Gasteiger partial charge in [-0.2, -0.15) is 13.2 Å². The second-order valence-electron chi connectivity index (χ2n) is 5.04. The number of hydrogen-bond donors (Lipinski definition) is 0. The molecule has 1 atom stereocenters. The Hall–Kier alpha value is -0.340. The zero-order valence-corrected chi connectivity index (χ0v) is 12.4. The van der Waals surface area contributed by atoms with Crippen LogP contribution in [0.25, 0.3) is 0 Å². The summed E-state index contributed by atoms with van der Waals surface area (Å²) in [6, 6.07) is 0. The van der Waals surface area contributed by atoms with Crippen molar-refractivity contribution in [1.29, 1.82) is 0 Å². The van der Waals surface area contributed by atoms with E-state index in [1.165, 1.54) is 4.90 Å². The van der Waals surface area contributed by atoms with E-state index >= 15 is 0 Å². The van der Waals surface area contributed by atoms with E-state index in [1.807, 2.05) is 13.8 Å². The van der Waals surface area contributed by atoms with Crippen LogP contribution < -0.4 is 0 Å². The summed E-state index contributed by atoms with van der Waals surface area (Å²) in [4.78, 5) is 13.3. The summed E-state index contributed by atoms with van der Waals surface area (Å²) < 4.78 is 45.8. The molecule has 19 heavy (non-hydrogen) atoms. The maximum absolute atomic E-state index is 11.9. The number of hydrogen-bond acceptors (Lipinski definition) is 3. The van der Waals surface area contributed by atoms with Crippen LogP contribution in [-0.2, 0) is 14.3 Å². The highest BCUT2D eigenvalue weighted by molar-refractivity contribution is 9.09. The molecule has 1 saturated heterocycles. The van der Waals surface area contributed by atoms with Crippen molar-refractivity contribution in [2.24, 2.45) is 0 Å². The second kappa shape index (κ2) is 6.41. The van der Waals surface area contributed by atoms with E-state index in [4.69, 9.17) is 4.74 Å². The van der Waals surface area contributed by atoms with Gasteiger partial charge in [0.05, 0.1) is 11.7 Å². The molecule has 1 aliphatic heterocycles. The molecule has 4 nitrogen and oxygen atoms in total. The predicted molar refractivity (Wildman–Crippen MR) is 66.2 cm³/mol. The monoisotopic (exact) mass is 347 g/mol. The molecule has 1 unspecified atom stereocenters. The summed E-state index contributed by atoms with van der Waals surface area (Å²) in [5.41, 5.74) is -0.517. The summed E-state index contributed by atoms with van der Waals surface area (Å²) in [5.74, 6) is -0.452. The minimum Gasteiger partial charge on any atom is -0.368 e. The van der Waals surface area contributed by atoms with Gasteiger partial charge in [0.1, 0.15) is 13.2 Å². The summed E-state index contributed by atoms with van der Waals surface area (Å²) in [6.45, 7) is 2.38. The van der Waals surface area contributed by atoms with Gasteiger partial charge in [0, 0.05) is 18.4 Å². The Morgan fingerprint density at radius 3 is 2.68 bits per heavy atom. The molecule has 0 aromatic rings. The SMILES string of the molecule is CC1(C)CN(C(=O)COCC(F)(F)F)CC(CBr)O1. The number of amides is 1. The van der Waals surface area contributed by atoms with Crippen LogP contribution in [0.3, 0.4) is 0 Å². The van der Waals surface area contributed by atoms with E-state index in [-0.39, 0.29) is 6.10 Å². The van der Waals surface area contributed by atoms with Crippen molar-refractivity contribution in [2.45, 2.75) is 31.7 Å². The molecule has 1 aliphatic rings. The highest BCUT2D eigenvalue weighted by Crippen LogP contribution is 2.22. The first-order chi connectivity index (χ1) is 8.63. The fraction of sp³-hybridized carbons (Fsp3) is 0.909. The molecule has 0 bridgehead atoms. The zero-order valence-electron chi connectivity index (χ0n) is 10.8. The van der Waals surface area contributed by atoms with Crippen LogP contribution in [0.15, 0.2) is 0 Å². The van der Waals surface area contributed by atoms with Gasteiger partial charge in [-0.25, -0.2) is 0 Å². The average molecular weight is 348 g/mol. The van der Waals surface area contributed by atoms with Crippen LogP contribution in [0.1, 0.15) is 13.8 Å². The molecule has 0 N–H and O–H groups in total. The largest absolute Gasteiger partial charge is 0.411 e. The van der Waals surface area contributed by atoms with Crippen molar-refractivity contribution in [2.75, 3.05) is 31.6 Å². The van der Waals surface area contributed by atoms with Crippen LogP contribution in [0.2, 0.25) is 0 Å². The minimum absolute atomic E-state index is 0.171. The highest BCUT2D eigenvalue weighted by atomic mass is 79.9. The summed E-state index contributed by atoms with van der Waals surface area (Å²) in [6.07, 6.45) is -4.58. The number of nitrogens with zero attached hydrogens (tertiary/aromatic N) is 1. The molecule has 0 aromatic heterocycles. The van der Waals surface area contributed by atoms with Gasteiger partial charge in [-0.3, -0.25) is 4.79 Å². The molecular weight excluding hydrogens is 331 g/mol. The maximum atomic E-state index is 11.9. The lowest BCUT2D eigenvalue weighted by molar-refractivity contribution is -0.183. The Morgan fingerprint density at radius 1 is 1.53 bits per heavy atom. The van der Waals surface area contributed by atoms with Crippen molar-refractivity contribution in [3.63, 3.8) is 0 Å². The number of morpholine rings is 1. The first-order valence-electron chi connectivity index (χ1n) is 5.79. The fourth-order valence-electron chi connectivity index (χ4n) is 1.91. The Morgan fingerprint density at radius 2 is 2.16 bits per heavy atom. The number of carbonyl (C=O) groups excluding carboxylic acids is 1. The number of alkyl halides is 4. The third-order valence-electron chi connectivity index (χ3n) is 2.50. The van der Waals surface area contributed by atoms with E-state index < -0.39 is 30.9 Å². The number of rotatable bonds is 4. The van der Waals surface area contributed by atoms with E-state index in [1.54, 1.807) is 0 Å². The van der Waals surface area contributed by atoms with Crippen molar-refractivity contribution in [1.82, 2.24) is 4.90 Å². The lowest BCUT2D eigenvalue weighted by atomic mass is 10.1. The molecule has 8 heteroatoms. The summed E-state index contributed by atoms with van der Waals surface area (Å²) in [5, 5.41) is 0.559. The van der Waals surface area contributed by atoms with Crippen molar-refractivity contribution < 1.29 is 27.4 Å². The van der Waals surface area contributed by atoms with Gasteiger partial charge in [-0.1, -0.05) is 15.9 Å². The predicted octanol–water partition coefficient (Wildman–Crippen LogP) is 1.97. The second-order valence-corrected chi connectivity index (χ2v) is 5.68. The van der Waals surface area contributed by atoms with Crippen LogP contribution >= 0.6 is 15.9 Å². The van der Waals surface area contributed by atoms with Crippen molar-refractivity contribution in [3.05, 3.63) is 0 Å². The number of ether oxygens (including phenoxy) is 2. The molecule has 112 valence electrons. The quantitative estimate of drug-likeness (QED) is 0.730. The van der Waals surface area contributed by atoms with Crippen LogP contribution in [0.4, 0.5) is 13.2 Å². The average Bonchev–Trinajstić information content (AvgIpc) is 2.24. The number of carbonyl (C=O) groups is 1. The van der Waals surface area contributed by atoms with Gasteiger partial charge < -0.3 is 14.4 Å². The molecular formula is C11H17BrF3NO3. The van der Waals surface area contributed by atoms with Crippen molar-refractivity contribution in [3.8, 4) is 0 Å². The van der Waals surface area contributed by atoms with Crippen LogP contribution in [0.5, 0.6) is 0 Å². The Bertz CT molecular complexity index is 323. The molecule has 0 aliphatic carbocycles. The topological polar surface area (TPSA) is 38.8 Å². The van der Waals surface area contributed by atoms with Gasteiger partial charge in [-0.15, -0.1) is 0 Å². The molecule has 1 amide bonds. The van der Waals surface area contributed by atoms with E-state index in [0.29, 0.717) is 18.4 Å².